The summed E-state index contributed by atoms with van der Waals surface area (Å²) in [5.41, 5.74) is 1.46. The van der Waals surface area contributed by atoms with E-state index < -0.39 is 0 Å². The molecule has 54 valence electrons. The first-order valence-corrected chi connectivity index (χ1v) is 3.54. The van der Waals surface area contributed by atoms with Crippen LogP contribution in [0.1, 0.15) is 0 Å². The van der Waals surface area contributed by atoms with Crippen LogP contribution in [0.15, 0.2) is 18.3 Å². The van der Waals surface area contributed by atoms with Gasteiger partial charge in [0, 0.05) is 11.7 Å². The molecule has 0 bridgehead atoms. The molecule has 0 unspecified atom stereocenters. The smallest absolute Gasteiger partial charge is 0.119 e. The van der Waals surface area contributed by atoms with Crippen LogP contribution in [0, 0.1) is 0 Å². The number of hydrogen-bond donors (Lipinski definition) is 2. The number of phenolic OH excluding ortho intramolecular Hbond substituents is 1. The highest BCUT2D eigenvalue weighted by atomic mass is 16.3. The third kappa shape index (κ3) is 0.843. The van der Waals surface area contributed by atoms with Gasteiger partial charge in [-0.05, 0) is 23.0 Å². The van der Waals surface area contributed by atoms with Gasteiger partial charge in [-0.2, -0.15) is 0 Å². The minimum atomic E-state index is -0.0397. The molecule has 0 saturated heterocycles. The van der Waals surface area contributed by atoms with Crippen LogP contribution in [0.2, 0.25) is 0 Å². The topological polar surface area (TPSA) is 36.0 Å². The molecular weight excluding hydrogens is 148 g/mol. The second-order valence-electron chi connectivity index (χ2n) is 2.67. The number of benzene rings is 1. The summed E-state index contributed by atoms with van der Waals surface area (Å²) in [7, 11) is 11.1. The highest BCUT2D eigenvalue weighted by Crippen LogP contribution is 2.12. The fourth-order valence-electron chi connectivity index (χ4n) is 1.24. The van der Waals surface area contributed by atoms with Gasteiger partial charge in [0.25, 0.3) is 0 Å². The van der Waals surface area contributed by atoms with Crippen molar-refractivity contribution >= 4 is 37.5 Å². The van der Waals surface area contributed by atoms with Gasteiger partial charge in [0.15, 0.2) is 0 Å². The van der Waals surface area contributed by atoms with Crippen LogP contribution in [0.3, 0.4) is 0 Å². The predicted molar refractivity (Wildman–Crippen MR) is 50.7 cm³/mol. The summed E-state index contributed by atoms with van der Waals surface area (Å²) in [5.74, 6) is -0.0397. The average molecular weight is 153 g/mol. The maximum atomic E-state index is 9.36. The molecule has 0 amide bonds. The van der Waals surface area contributed by atoms with E-state index in [1.165, 1.54) is 0 Å². The SMILES string of the molecule is [B]c1cc2[nH]ccc2c([B])c1O. The zero-order valence-corrected chi connectivity index (χ0v) is 6.33. The molecule has 0 aliphatic carbocycles. The first-order valence-electron chi connectivity index (χ1n) is 3.54. The van der Waals surface area contributed by atoms with Crippen molar-refractivity contribution in [1.82, 2.24) is 4.98 Å². The van der Waals surface area contributed by atoms with Crippen molar-refractivity contribution in [2.75, 3.05) is 0 Å². The molecule has 0 spiro atoms. The van der Waals surface area contributed by atoms with Crippen LogP contribution in [0.4, 0.5) is 0 Å². The number of H-pyrrole nitrogens is 1. The lowest BCUT2D eigenvalue weighted by Crippen LogP contribution is -2.15. The molecule has 0 atom stereocenters. The third-order valence-corrected chi connectivity index (χ3v) is 1.90. The summed E-state index contributed by atoms with van der Waals surface area (Å²) in [6.07, 6.45) is 1.75. The summed E-state index contributed by atoms with van der Waals surface area (Å²) in [4.78, 5) is 2.96. The lowest BCUT2D eigenvalue weighted by atomic mass is 9.83. The number of aromatic hydroxyl groups is 1. The number of nitrogens with one attached hydrogen (secondary N) is 1. The van der Waals surface area contributed by atoms with Gasteiger partial charge in [0.1, 0.15) is 21.4 Å². The highest BCUT2D eigenvalue weighted by molar-refractivity contribution is 6.46. The Balaban J connectivity index is 2.94. The standard InChI is InChI=1S/C8H5B2NO/c9-5-3-6-4(1-2-11-6)7(10)8(5)12/h1-3,11-12H. The summed E-state index contributed by atoms with van der Waals surface area (Å²) in [6.45, 7) is 0. The minimum absolute atomic E-state index is 0.0397. The Morgan fingerprint density at radius 2 is 2.08 bits per heavy atom. The van der Waals surface area contributed by atoms with E-state index in [1.54, 1.807) is 18.3 Å². The molecule has 1 aromatic heterocycles. The van der Waals surface area contributed by atoms with Gasteiger partial charge in [0.05, 0.1) is 0 Å². The van der Waals surface area contributed by atoms with Crippen LogP contribution in [-0.4, -0.2) is 25.8 Å². The molecule has 0 saturated carbocycles. The molecule has 1 aromatic carbocycles. The second kappa shape index (κ2) is 2.34. The number of rotatable bonds is 0. The van der Waals surface area contributed by atoms with E-state index in [0.29, 0.717) is 10.9 Å². The summed E-state index contributed by atoms with van der Waals surface area (Å²) in [5, 5.41) is 10.2. The first kappa shape index (κ1) is 7.34. The van der Waals surface area contributed by atoms with Gasteiger partial charge in [-0.3, -0.25) is 0 Å². The predicted octanol–water partition coefficient (Wildman–Crippen LogP) is -0.539. The van der Waals surface area contributed by atoms with Crippen LogP contribution in [0.5, 0.6) is 5.75 Å². The van der Waals surface area contributed by atoms with E-state index in [9.17, 15) is 5.11 Å². The minimum Gasteiger partial charge on any atom is -0.509 e. The monoisotopic (exact) mass is 153 g/mol. The Kier molecular flexibility index (Phi) is 1.43. The summed E-state index contributed by atoms with van der Waals surface area (Å²) < 4.78 is 0. The Labute approximate surface area is 72.4 Å². The number of aromatic nitrogens is 1. The molecule has 12 heavy (non-hydrogen) atoms. The van der Waals surface area contributed by atoms with E-state index >= 15 is 0 Å². The largest absolute Gasteiger partial charge is 0.509 e. The van der Waals surface area contributed by atoms with Gasteiger partial charge >= 0.3 is 0 Å². The molecule has 2 aromatic rings. The van der Waals surface area contributed by atoms with Crippen molar-refractivity contribution in [3.05, 3.63) is 18.3 Å². The quantitative estimate of drug-likeness (QED) is 0.489. The number of fused-ring (bicyclic) bond motifs is 1. The summed E-state index contributed by atoms with van der Waals surface area (Å²) >= 11 is 0. The molecule has 2 rings (SSSR count). The second-order valence-corrected chi connectivity index (χ2v) is 2.67. The molecule has 2 nitrogen and oxygen atoms in total. The molecule has 1 heterocycles. The fourth-order valence-corrected chi connectivity index (χ4v) is 1.24. The van der Waals surface area contributed by atoms with Crippen LogP contribution < -0.4 is 10.9 Å². The maximum Gasteiger partial charge on any atom is 0.119 e. The van der Waals surface area contributed by atoms with Gasteiger partial charge < -0.3 is 10.1 Å². The van der Waals surface area contributed by atoms with Crippen LogP contribution in [-0.2, 0) is 0 Å². The van der Waals surface area contributed by atoms with E-state index in [0.717, 1.165) is 10.9 Å². The Morgan fingerprint density at radius 3 is 2.83 bits per heavy atom. The zero-order chi connectivity index (χ0) is 8.72. The Bertz CT molecular complexity index is 436. The third-order valence-electron chi connectivity index (χ3n) is 1.90. The van der Waals surface area contributed by atoms with E-state index in [-0.39, 0.29) is 5.75 Å². The van der Waals surface area contributed by atoms with Crippen molar-refractivity contribution in [2.24, 2.45) is 0 Å². The lowest BCUT2D eigenvalue weighted by molar-refractivity contribution is 0.484. The molecule has 4 heteroatoms. The number of phenols is 1. The number of aromatic amines is 1. The Morgan fingerprint density at radius 1 is 1.33 bits per heavy atom. The van der Waals surface area contributed by atoms with Gasteiger partial charge in [0.2, 0.25) is 0 Å². The zero-order valence-electron chi connectivity index (χ0n) is 6.33. The Hall–Kier alpha value is -1.31. The van der Waals surface area contributed by atoms with Gasteiger partial charge in [-0.15, -0.1) is 0 Å². The molecule has 2 N–H and O–H groups in total. The molecule has 0 fully saturated rings. The van der Waals surface area contributed by atoms with Gasteiger partial charge in [-0.25, -0.2) is 0 Å². The van der Waals surface area contributed by atoms with Crippen molar-refractivity contribution in [3.8, 4) is 5.75 Å². The van der Waals surface area contributed by atoms with Crippen LogP contribution in [0.25, 0.3) is 10.9 Å². The normalized spacial score (nSPS) is 10.7. The average Bonchev–Trinajstić information content (AvgIpc) is 2.48. The van der Waals surface area contributed by atoms with Crippen molar-refractivity contribution in [3.63, 3.8) is 0 Å². The number of hydrogen-bond acceptors (Lipinski definition) is 1. The molecule has 0 aliphatic heterocycles. The van der Waals surface area contributed by atoms with Crippen molar-refractivity contribution in [2.45, 2.75) is 0 Å². The molecule has 4 radical (unpaired) electrons. The van der Waals surface area contributed by atoms with Crippen molar-refractivity contribution < 1.29 is 5.11 Å². The van der Waals surface area contributed by atoms with Gasteiger partial charge in [-0.1, -0.05) is 5.46 Å². The van der Waals surface area contributed by atoms with E-state index in [2.05, 4.69) is 4.98 Å². The first-order chi connectivity index (χ1) is 5.70. The molecular formula is C8H5B2NO. The van der Waals surface area contributed by atoms with Crippen molar-refractivity contribution in [1.29, 1.82) is 0 Å². The maximum absolute atomic E-state index is 9.36. The lowest BCUT2D eigenvalue weighted by Gasteiger charge is -2.04. The molecule has 0 aliphatic rings. The van der Waals surface area contributed by atoms with E-state index in [1.807, 2.05) is 0 Å². The van der Waals surface area contributed by atoms with E-state index in [4.69, 9.17) is 15.7 Å². The fraction of sp³-hybridized carbons (Fsp3) is 0. The highest BCUT2D eigenvalue weighted by Gasteiger charge is 2.04. The van der Waals surface area contributed by atoms with Crippen LogP contribution >= 0.6 is 0 Å². The summed E-state index contributed by atoms with van der Waals surface area (Å²) in [6, 6.07) is 3.45.